The second kappa shape index (κ2) is 9.04. The van der Waals surface area contributed by atoms with Crippen molar-refractivity contribution in [3.63, 3.8) is 0 Å². The normalized spacial score (nSPS) is 15.8. The van der Waals surface area contributed by atoms with Crippen LogP contribution in [0.2, 0.25) is 0 Å². The fourth-order valence-electron chi connectivity index (χ4n) is 3.93. The molecule has 0 spiro atoms. The largest absolute Gasteiger partial charge is 0.464 e. The molecular weight excluding hydrogens is 430 g/mol. The lowest BCUT2D eigenvalue weighted by molar-refractivity contribution is -0.127. The van der Waals surface area contributed by atoms with Crippen LogP contribution in [0.15, 0.2) is 39.2 Å². The van der Waals surface area contributed by atoms with Gasteiger partial charge in [0.05, 0.1) is 17.7 Å². The maximum atomic E-state index is 13.3. The number of amides is 1. The quantitative estimate of drug-likeness (QED) is 0.298. The molecule has 0 N–H and O–H groups in total. The molecule has 3 aromatic heterocycles. The third kappa shape index (κ3) is 4.50. The number of nitrogens with zero attached hydrogens (tertiary/aromatic N) is 3. The van der Waals surface area contributed by atoms with Crippen molar-refractivity contribution in [2.75, 3.05) is 12.8 Å². The van der Waals surface area contributed by atoms with E-state index in [0.29, 0.717) is 24.2 Å². The van der Waals surface area contributed by atoms with Gasteiger partial charge in [0.2, 0.25) is 5.91 Å². The number of carbonyl (C=O) groups is 1. The first-order valence-corrected chi connectivity index (χ1v) is 12.3. The van der Waals surface area contributed by atoms with Gasteiger partial charge in [0.25, 0.3) is 5.56 Å². The van der Waals surface area contributed by atoms with Gasteiger partial charge in [-0.3, -0.25) is 14.2 Å². The second-order valence-corrected chi connectivity index (χ2v) is 10.2. The number of hydrogen-bond donors (Lipinski definition) is 0. The fourth-order valence-corrected chi connectivity index (χ4v) is 6.31. The fraction of sp³-hybridized carbons (Fsp3) is 0.435. The monoisotopic (exact) mass is 457 g/mol. The lowest BCUT2D eigenvalue weighted by Crippen LogP contribution is -2.28. The Morgan fingerprint density at radius 1 is 1.48 bits per heavy atom. The van der Waals surface area contributed by atoms with Crippen LogP contribution in [0, 0.1) is 12.8 Å². The Morgan fingerprint density at radius 3 is 3.00 bits per heavy atom. The molecule has 3 heterocycles. The van der Waals surface area contributed by atoms with Crippen LogP contribution in [0.5, 0.6) is 0 Å². The van der Waals surface area contributed by atoms with Gasteiger partial charge < -0.3 is 9.32 Å². The zero-order valence-corrected chi connectivity index (χ0v) is 19.8. The number of allylic oxidation sites excluding steroid dienone is 1. The number of aromatic nitrogens is 2. The highest BCUT2D eigenvalue weighted by Gasteiger charge is 2.25. The molecule has 0 radical (unpaired) electrons. The SMILES string of the molecule is C=CCn1c(SCC(=O)N(C)Cc2ccc(C)o2)nc2sc3c(c2c1=O)CCC(C)C3. The highest BCUT2D eigenvalue weighted by Crippen LogP contribution is 2.36. The molecule has 1 amide bonds. The van der Waals surface area contributed by atoms with Crippen LogP contribution in [0.25, 0.3) is 10.2 Å². The molecule has 8 heteroatoms. The van der Waals surface area contributed by atoms with E-state index in [-0.39, 0.29) is 17.2 Å². The van der Waals surface area contributed by atoms with Gasteiger partial charge in [-0.25, -0.2) is 4.98 Å². The van der Waals surface area contributed by atoms with Crippen molar-refractivity contribution < 1.29 is 9.21 Å². The maximum Gasteiger partial charge on any atom is 0.263 e. The number of carbonyl (C=O) groups excluding carboxylic acids is 1. The summed E-state index contributed by atoms with van der Waals surface area (Å²) in [5.74, 6) is 2.37. The van der Waals surface area contributed by atoms with E-state index in [1.54, 1.807) is 33.9 Å². The number of aryl methyl sites for hydroxylation is 2. The van der Waals surface area contributed by atoms with Crippen molar-refractivity contribution in [2.24, 2.45) is 5.92 Å². The Morgan fingerprint density at radius 2 is 2.29 bits per heavy atom. The molecule has 1 aliphatic rings. The van der Waals surface area contributed by atoms with Crippen LogP contribution in [-0.2, 0) is 30.7 Å². The van der Waals surface area contributed by atoms with Crippen molar-refractivity contribution >= 4 is 39.2 Å². The van der Waals surface area contributed by atoms with Gasteiger partial charge in [0.15, 0.2) is 5.16 Å². The minimum Gasteiger partial charge on any atom is -0.464 e. The number of rotatable bonds is 7. The Kier molecular flexibility index (Phi) is 6.39. The number of fused-ring (bicyclic) bond motifs is 3. The minimum atomic E-state index is -0.0437. The molecule has 0 saturated heterocycles. The van der Waals surface area contributed by atoms with Gasteiger partial charge in [0.1, 0.15) is 16.4 Å². The first-order chi connectivity index (χ1) is 14.9. The van der Waals surface area contributed by atoms with Crippen LogP contribution in [0.4, 0.5) is 0 Å². The molecule has 0 saturated carbocycles. The molecule has 4 rings (SSSR count). The van der Waals surface area contributed by atoms with E-state index in [9.17, 15) is 9.59 Å². The summed E-state index contributed by atoms with van der Waals surface area (Å²) in [5, 5.41) is 1.33. The minimum absolute atomic E-state index is 0.0219. The molecule has 164 valence electrons. The Balaban J connectivity index is 1.57. The van der Waals surface area contributed by atoms with Crippen molar-refractivity contribution in [1.82, 2.24) is 14.5 Å². The van der Waals surface area contributed by atoms with E-state index in [1.165, 1.54) is 22.2 Å². The smallest absolute Gasteiger partial charge is 0.263 e. The number of thioether (sulfide) groups is 1. The Labute approximate surface area is 190 Å². The predicted octanol–water partition coefficient (Wildman–Crippen LogP) is 4.42. The van der Waals surface area contributed by atoms with Crippen LogP contribution in [0.3, 0.4) is 0 Å². The first-order valence-electron chi connectivity index (χ1n) is 10.5. The molecule has 0 aliphatic heterocycles. The third-order valence-corrected chi connectivity index (χ3v) is 7.74. The number of furan rings is 1. The van der Waals surface area contributed by atoms with E-state index in [1.807, 2.05) is 19.1 Å². The van der Waals surface area contributed by atoms with Crippen LogP contribution >= 0.6 is 23.1 Å². The van der Waals surface area contributed by atoms with Gasteiger partial charge in [-0.15, -0.1) is 17.9 Å². The lowest BCUT2D eigenvalue weighted by Gasteiger charge is -2.18. The average molecular weight is 458 g/mol. The zero-order valence-electron chi connectivity index (χ0n) is 18.1. The topological polar surface area (TPSA) is 68.3 Å². The Bertz CT molecular complexity index is 1190. The maximum absolute atomic E-state index is 13.3. The van der Waals surface area contributed by atoms with Gasteiger partial charge in [-0.1, -0.05) is 24.8 Å². The first kappa shape index (κ1) is 21.9. The standard InChI is InChI=1S/C23H27N3O3S2/c1-5-10-26-22(28)20-17-9-6-14(2)11-18(17)31-21(20)24-23(26)30-13-19(27)25(4)12-16-8-7-15(3)29-16/h5,7-8,14H,1,6,9-13H2,2-4H3. The number of thiophene rings is 1. The van der Waals surface area contributed by atoms with E-state index in [0.717, 1.165) is 41.0 Å². The van der Waals surface area contributed by atoms with E-state index in [4.69, 9.17) is 9.40 Å². The van der Waals surface area contributed by atoms with Crippen molar-refractivity contribution in [3.05, 3.63) is 57.1 Å². The summed E-state index contributed by atoms with van der Waals surface area (Å²) in [5.41, 5.74) is 1.15. The third-order valence-electron chi connectivity index (χ3n) is 5.63. The molecule has 0 fully saturated rings. The van der Waals surface area contributed by atoms with Crippen molar-refractivity contribution in [1.29, 1.82) is 0 Å². The molecule has 0 aromatic carbocycles. The Hall–Kier alpha value is -2.32. The van der Waals surface area contributed by atoms with Crippen molar-refractivity contribution in [3.8, 4) is 0 Å². The molecule has 1 unspecified atom stereocenters. The van der Waals surface area contributed by atoms with E-state index >= 15 is 0 Å². The van der Waals surface area contributed by atoms with Crippen LogP contribution < -0.4 is 5.56 Å². The predicted molar refractivity (Wildman–Crippen MR) is 126 cm³/mol. The molecule has 1 atom stereocenters. The highest BCUT2D eigenvalue weighted by atomic mass is 32.2. The number of hydrogen-bond acceptors (Lipinski definition) is 6. The van der Waals surface area contributed by atoms with Gasteiger partial charge in [-0.2, -0.15) is 0 Å². The zero-order chi connectivity index (χ0) is 22.1. The molecular formula is C23H27N3O3S2. The molecule has 3 aromatic rings. The second-order valence-electron chi connectivity index (χ2n) is 8.18. The van der Waals surface area contributed by atoms with Gasteiger partial charge in [0, 0.05) is 18.5 Å². The molecule has 6 nitrogen and oxygen atoms in total. The summed E-state index contributed by atoms with van der Waals surface area (Å²) in [6.07, 6.45) is 4.75. The summed E-state index contributed by atoms with van der Waals surface area (Å²) >= 11 is 2.94. The molecule has 0 bridgehead atoms. The van der Waals surface area contributed by atoms with Crippen molar-refractivity contribution in [2.45, 2.75) is 51.4 Å². The summed E-state index contributed by atoms with van der Waals surface area (Å²) in [4.78, 5) is 34.5. The summed E-state index contributed by atoms with van der Waals surface area (Å²) in [7, 11) is 1.75. The summed E-state index contributed by atoms with van der Waals surface area (Å²) in [6, 6.07) is 3.76. The molecule has 31 heavy (non-hydrogen) atoms. The summed E-state index contributed by atoms with van der Waals surface area (Å²) < 4.78 is 7.21. The van der Waals surface area contributed by atoms with Crippen LogP contribution in [0.1, 0.15) is 35.3 Å². The van der Waals surface area contributed by atoms with E-state index < -0.39 is 0 Å². The lowest BCUT2D eigenvalue weighted by atomic mass is 9.89. The average Bonchev–Trinajstić information content (AvgIpc) is 3.30. The summed E-state index contributed by atoms with van der Waals surface area (Å²) in [6.45, 7) is 8.72. The van der Waals surface area contributed by atoms with E-state index in [2.05, 4.69) is 13.5 Å². The van der Waals surface area contributed by atoms with Gasteiger partial charge >= 0.3 is 0 Å². The van der Waals surface area contributed by atoms with Crippen LogP contribution in [-0.4, -0.2) is 33.2 Å². The molecule has 1 aliphatic carbocycles. The highest BCUT2D eigenvalue weighted by molar-refractivity contribution is 7.99. The van der Waals surface area contributed by atoms with Gasteiger partial charge in [-0.05, 0) is 49.8 Å².